The molecule has 5 rings (SSSR count). The summed E-state index contributed by atoms with van der Waals surface area (Å²) in [5, 5.41) is 7.93. The van der Waals surface area contributed by atoms with Gasteiger partial charge in [0.1, 0.15) is 0 Å². The molecule has 0 saturated carbocycles. The second kappa shape index (κ2) is 11.0. The smallest absolute Gasteiger partial charge is 0.274 e. The lowest BCUT2D eigenvalue weighted by Gasteiger charge is -2.34. The molecule has 0 unspecified atom stereocenters. The molecular weight excluding hydrogens is 452 g/mol. The van der Waals surface area contributed by atoms with Gasteiger partial charge < -0.3 is 15.1 Å². The largest absolute Gasteiger partial charge is 0.371 e. The summed E-state index contributed by atoms with van der Waals surface area (Å²) in [7, 11) is 0. The first kappa shape index (κ1) is 24.8. The maximum Gasteiger partial charge on any atom is 0.274 e. The van der Waals surface area contributed by atoms with Crippen LogP contribution in [0.15, 0.2) is 18.5 Å². The second-order valence-corrected chi connectivity index (χ2v) is 10.9. The quantitative estimate of drug-likeness (QED) is 0.667. The summed E-state index contributed by atoms with van der Waals surface area (Å²) in [6.07, 6.45) is 13.3. The minimum Gasteiger partial charge on any atom is -0.371 e. The number of carbonyl (C=O) groups excluding carboxylic acids is 2. The van der Waals surface area contributed by atoms with Crippen LogP contribution in [0.25, 0.3) is 0 Å². The zero-order valence-corrected chi connectivity index (χ0v) is 21.8. The highest BCUT2D eigenvalue weighted by Gasteiger charge is 2.31. The van der Waals surface area contributed by atoms with E-state index in [1.807, 2.05) is 17.3 Å². The molecule has 36 heavy (non-hydrogen) atoms. The van der Waals surface area contributed by atoms with Crippen LogP contribution in [-0.4, -0.2) is 63.7 Å². The van der Waals surface area contributed by atoms with Gasteiger partial charge in [0.2, 0.25) is 5.91 Å². The van der Waals surface area contributed by atoms with Crippen molar-refractivity contribution >= 4 is 17.5 Å². The van der Waals surface area contributed by atoms with E-state index in [4.69, 9.17) is 5.10 Å². The van der Waals surface area contributed by atoms with E-state index < -0.39 is 0 Å². The van der Waals surface area contributed by atoms with Crippen molar-refractivity contribution in [1.82, 2.24) is 25.0 Å². The lowest BCUT2D eigenvalue weighted by molar-refractivity contribution is -0.119. The van der Waals surface area contributed by atoms with Crippen LogP contribution in [0, 0.1) is 12.8 Å². The van der Waals surface area contributed by atoms with Gasteiger partial charge in [-0.3, -0.25) is 19.3 Å². The molecule has 0 aromatic carbocycles. The second-order valence-electron chi connectivity index (χ2n) is 10.9. The van der Waals surface area contributed by atoms with Gasteiger partial charge >= 0.3 is 0 Å². The van der Waals surface area contributed by atoms with E-state index >= 15 is 0 Å². The highest BCUT2D eigenvalue weighted by molar-refractivity contribution is 5.94. The zero-order valence-electron chi connectivity index (χ0n) is 21.8. The van der Waals surface area contributed by atoms with Crippen LogP contribution >= 0.6 is 0 Å². The summed E-state index contributed by atoms with van der Waals surface area (Å²) < 4.78 is 2.17. The Kier molecular flexibility index (Phi) is 7.58. The Hall–Kier alpha value is -2.90. The number of likely N-dealkylation sites (tertiary alicyclic amines) is 1. The summed E-state index contributed by atoms with van der Waals surface area (Å²) in [6.45, 7) is 8.14. The van der Waals surface area contributed by atoms with E-state index in [9.17, 15) is 9.59 Å². The van der Waals surface area contributed by atoms with Crippen molar-refractivity contribution in [2.24, 2.45) is 5.92 Å². The third-order valence-corrected chi connectivity index (χ3v) is 8.34. The predicted molar refractivity (Wildman–Crippen MR) is 140 cm³/mol. The van der Waals surface area contributed by atoms with E-state index in [2.05, 4.69) is 32.9 Å². The molecular formula is C28H40N6O2. The third-order valence-electron chi connectivity index (χ3n) is 8.34. The number of hydrogen-bond donors (Lipinski definition) is 1. The van der Waals surface area contributed by atoms with E-state index in [0.29, 0.717) is 24.7 Å². The SMILES string of the molecule is CC(=O)NC1CCN(C(=O)c2nn(CCC3CCN(c4ccncc4C)CC3)c3c2CCCC3)CC1. The Balaban J connectivity index is 1.20. The van der Waals surface area contributed by atoms with E-state index in [1.165, 1.54) is 41.8 Å². The van der Waals surface area contributed by atoms with Crippen molar-refractivity contribution in [2.75, 3.05) is 31.1 Å². The topological polar surface area (TPSA) is 83.4 Å². The Morgan fingerprint density at radius 3 is 2.53 bits per heavy atom. The Bertz CT molecular complexity index is 1080. The molecule has 8 heteroatoms. The molecule has 2 aliphatic heterocycles. The summed E-state index contributed by atoms with van der Waals surface area (Å²) >= 11 is 0. The fraction of sp³-hybridized carbons (Fsp3) is 0.643. The molecule has 2 fully saturated rings. The molecule has 2 aromatic heterocycles. The van der Waals surface area contributed by atoms with E-state index in [-0.39, 0.29) is 17.9 Å². The van der Waals surface area contributed by atoms with Crippen molar-refractivity contribution in [3.8, 4) is 0 Å². The standard InChI is InChI=1S/C28H40N6O2/c1-20-19-29-13-7-25(20)32-14-8-22(9-15-32)10-18-34-26-6-4-3-5-24(26)27(31-34)28(36)33-16-11-23(12-17-33)30-21(2)35/h7,13,19,22-23H,3-6,8-12,14-18H2,1-2H3,(H,30,35). The summed E-state index contributed by atoms with van der Waals surface area (Å²) in [5.74, 6) is 0.777. The molecule has 2 saturated heterocycles. The van der Waals surface area contributed by atoms with Gasteiger partial charge in [-0.15, -0.1) is 0 Å². The van der Waals surface area contributed by atoms with Gasteiger partial charge in [-0.1, -0.05) is 0 Å². The number of nitrogens with zero attached hydrogens (tertiary/aromatic N) is 5. The molecule has 0 radical (unpaired) electrons. The maximum atomic E-state index is 13.5. The van der Waals surface area contributed by atoms with Gasteiger partial charge in [0, 0.05) is 75.0 Å². The van der Waals surface area contributed by atoms with Crippen LogP contribution in [0.2, 0.25) is 0 Å². The van der Waals surface area contributed by atoms with Crippen molar-refractivity contribution in [2.45, 2.75) is 84.2 Å². The Morgan fingerprint density at radius 2 is 1.81 bits per heavy atom. The number of hydrogen-bond acceptors (Lipinski definition) is 5. The number of fused-ring (bicyclic) bond motifs is 1. The van der Waals surface area contributed by atoms with Crippen molar-refractivity contribution in [3.05, 3.63) is 41.0 Å². The Morgan fingerprint density at radius 1 is 1.06 bits per heavy atom. The van der Waals surface area contributed by atoms with Gasteiger partial charge in [0.15, 0.2) is 5.69 Å². The van der Waals surface area contributed by atoms with Crippen molar-refractivity contribution in [3.63, 3.8) is 0 Å². The normalized spacial score (nSPS) is 19.3. The number of pyridine rings is 1. The molecule has 4 heterocycles. The van der Waals surface area contributed by atoms with Crippen LogP contribution < -0.4 is 10.2 Å². The highest BCUT2D eigenvalue weighted by Crippen LogP contribution is 2.30. The summed E-state index contributed by atoms with van der Waals surface area (Å²) in [6, 6.07) is 2.30. The minimum absolute atomic E-state index is 0.00532. The van der Waals surface area contributed by atoms with E-state index in [0.717, 1.165) is 58.2 Å². The molecule has 0 spiro atoms. The lowest BCUT2D eigenvalue weighted by atomic mass is 9.92. The first-order valence-electron chi connectivity index (χ1n) is 13.8. The monoisotopic (exact) mass is 492 g/mol. The van der Waals surface area contributed by atoms with Crippen LogP contribution in [0.4, 0.5) is 5.69 Å². The van der Waals surface area contributed by atoms with Gasteiger partial charge in [-0.25, -0.2) is 0 Å². The van der Waals surface area contributed by atoms with Crippen LogP contribution in [0.5, 0.6) is 0 Å². The average molecular weight is 493 g/mol. The van der Waals surface area contributed by atoms with Gasteiger partial charge in [-0.2, -0.15) is 5.10 Å². The third kappa shape index (κ3) is 5.42. The predicted octanol–water partition coefficient (Wildman–Crippen LogP) is 3.51. The summed E-state index contributed by atoms with van der Waals surface area (Å²) in [4.78, 5) is 33.5. The summed E-state index contributed by atoms with van der Waals surface area (Å²) in [5.41, 5.74) is 5.73. The fourth-order valence-corrected chi connectivity index (χ4v) is 6.28. The molecule has 194 valence electrons. The minimum atomic E-state index is 0.00532. The van der Waals surface area contributed by atoms with Gasteiger partial charge in [0.05, 0.1) is 0 Å². The van der Waals surface area contributed by atoms with Crippen LogP contribution in [0.3, 0.4) is 0 Å². The number of aryl methyl sites for hydroxylation is 2. The molecule has 3 aliphatic rings. The molecule has 1 N–H and O–H groups in total. The van der Waals surface area contributed by atoms with Crippen LogP contribution in [0.1, 0.15) is 79.2 Å². The highest BCUT2D eigenvalue weighted by atomic mass is 16.2. The van der Waals surface area contributed by atoms with Gasteiger partial charge in [0.25, 0.3) is 5.91 Å². The Labute approximate surface area is 214 Å². The number of anilines is 1. The first-order valence-corrected chi connectivity index (χ1v) is 13.8. The number of aromatic nitrogens is 3. The number of amides is 2. The lowest BCUT2D eigenvalue weighted by Crippen LogP contribution is -2.46. The molecule has 1 aliphatic carbocycles. The van der Waals surface area contributed by atoms with Crippen molar-refractivity contribution in [1.29, 1.82) is 0 Å². The van der Waals surface area contributed by atoms with Gasteiger partial charge in [-0.05, 0) is 82.3 Å². The van der Waals surface area contributed by atoms with E-state index in [1.54, 1.807) is 6.92 Å². The fourth-order valence-electron chi connectivity index (χ4n) is 6.28. The maximum absolute atomic E-state index is 13.5. The molecule has 0 bridgehead atoms. The molecule has 2 amide bonds. The average Bonchev–Trinajstić information content (AvgIpc) is 3.26. The number of piperidine rings is 2. The van der Waals surface area contributed by atoms with Crippen molar-refractivity contribution < 1.29 is 9.59 Å². The number of rotatable bonds is 6. The van der Waals surface area contributed by atoms with Crippen LogP contribution in [-0.2, 0) is 24.2 Å². The number of carbonyl (C=O) groups is 2. The zero-order chi connectivity index (χ0) is 25.1. The number of nitrogens with one attached hydrogen (secondary N) is 1. The molecule has 2 aromatic rings. The first-order chi connectivity index (χ1) is 17.5. The molecule has 0 atom stereocenters. The molecule has 8 nitrogen and oxygen atoms in total.